The summed E-state index contributed by atoms with van der Waals surface area (Å²) in [5.74, 6) is -0.00282. The number of Topliss-reactive ketones (excluding diaryl/α,β-unsaturated/α-hetero) is 1. The van der Waals surface area contributed by atoms with Crippen LogP contribution in [0.5, 0.6) is 0 Å². The number of hydrogen-bond donors (Lipinski definition) is 0. The summed E-state index contributed by atoms with van der Waals surface area (Å²) in [7, 11) is 0. The van der Waals surface area contributed by atoms with Crippen LogP contribution in [0.3, 0.4) is 0 Å². The molecule has 0 aliphatic heterocycles. The number of aromatic nitrogens is 1. The lowest BCUT2D eigenvalue weighted by Crippen LogP contribution is -2.28. The number of nitrogens with zero attached hydrogens (tertiary/aromatic N) is 2. The molecule has 0 amide bonds. The van der Waals surface area contributed by atoms with Crippen LogP contribution in [0, 0.1) is 15.5 Å². The zero-order valence-corrected chi connectivity index (χ0v) is 16.8. The molecule has 1 heterocycles. The van der Waals surface area contributed by atoms with E-state index < -0.39 is 0 Å². The Morgan fingerprint density at radius 2 is 1.63 bits per heavy atom. The monoisotopic (exact) mass is 396 g/mol. The molecule has 30 heavy (non-hydrogen) atoms. The van der Waals surface area contributed by atoms with Crippen LogP contribution in [-0.4, -0.2) is 15.7 Å². The minimum atomic E-state index is -0.383. The van der Waals surface area contributed by atoms with Gasteiger partial charge >= 0.3 is 0 Å². The molecule has 4 aromatic rings. The van der Waals surface area contributed by atoms with E-state index >= 15 is 0 Å². The first-order chi connectivity index (χ1) is 14.4. The van der Waals surface area contributed by atoms with Gasteiger partial charge in [-0.2, -0.15) is 0 Å². The van der Waals surface area contributed by atoms with Crippen molar-refractivity contribution in [3.8, 4) is 11.1 Å². The molecule has 0 saturated carbocycles. The van der Waals surface area contributed by atoms with Gasteiger partial charge in [0, 0.05) is 34.4 Å². The van der Waals surface area contributed by atoms with Gasteiger partial charge in [0.1, 0.15) is 0 Å². The normalized spacial score (nSPS) is 15.3. The maximum atomic E-state index is 13.3. The van der Waals surface area contributed by atoms with Crippen LogP contribution in [0.1, 0.15) is 36.3 Å². The molecule has 1 aliphatic rings. The zero-order chi connectivity index (χ0) is 21.0. The first-order valence-corrected chi connectivity index (χ1v) is 9.97. The smallest absolute Gasteiger partial charge is 0.277 e. The van der Waals surface area contributed by atoms with E-state index in [0.717, 1.165) is 27.4 Å². The van der Waals surface area contributed by atoms with E-state index in [4.69, 9.17) is 4.98 Å². The number of hydrogen-bond acceptors (Lipinski definition) is 4. The van der Waals surface area contributed by atoms with E-state index in [9.17, 15) is 14.9 Å². The summed E-state index contributed by atoms with van der Waals surface area (Å²) >= 11 is 0. The van der Waals surface area contributed by atoms with E-state index in [1.54, 1.807) is 18.2 Å². The van der Waals surface area contributed by atoms with Crippen molar-refractivity contribution >= 4 is 33.1 Å². The molecule has 0 bridgehead atoms. The van der Waals surface area contributed by atoms with E-state index in [1.807, 2.05) is 36.4 Å². The number of nitro benzene ring substituents is 1. The molecular formula is C25H20N2O3. The Bertz CT molecular complexity index is 1370. The van der Waals surface area contributed by atoms with E-state index in [1.165, 1.54) is 6.07 Å². The molecule has 1 aromatic heterocycles. The Kier molecular flexibility index (Phi) is 3.97. The molecule has 3 aromatic carbocycles. The predicted octanol–water partition coefficient (Wildman–Crippen LogP) is 6.12. The molecule has 5 nitrogen and oxygen atoms in total. The Morgan fingerprint density at radius 3 is 2.43 bits per heavy atom. The van der Waals surface area contributed by atoms with Crippen molar-refractivity contribution < 1.29 is 9.72 Å². The average molecular weight is 396 g/mol. The summed E-state index contributed by atoms with van der Waals surface area (Å²) in [5.41, 5.74) is 2.95. The molecule has 5 rings (SSSR count). The minimum absolute atomic E-state index is 0.00186. The number of rotatable bonds is 2. The Morgan fingerprint density at radius 1 is 0.900 bits per heavy atom. The van der Waals surface area contributed by atoms with Crippen LogP contribution in [0.15, 0.2) is 60.7 Å². The standard InChI is InChI=1S/C25H20N2O3/c1-25(2)13-19-23(21(28)14-25)22(17-9-5-6-10-20(17)27(29)30)18-12-11-15-7-3-4-8-16(15)24(18)26-19/h3-12H,13-14H2,1-2H3. The number of carbonyl (C=O) groups excluding carboxylic acids is 1. The third-order valence-electron chi connectivity index (χ3n) is 5.89. The molecule has 0 unspecified atom stereocenters. The van der Waals surface area contributed by atoms with Crippen molar-refractivity contribution in [2.45, 2.75) is 26.7 Å². The second-order valence-electron chi connectivity index (χ2n) is 8.71. The number of pyridine rings is 1. The lowest BCUT2D eigenvalue weighted by Gasteiger charge is -2.31. The van der Waals surface area contributed by atoms with Gasteiger partial charge < -0.3 is 0 Å². The maximum absolute atomic E-state index is 13.3. The molecule has 0 spiro atoms. The summed E-state index contributed by atoms with van der Waals surface area (Å²) in [5, 5.41) is 14.6. The molecule has 0 radical (unpaired) electrons. The molecule has 0 N–H and O–H groups in total. The van der Waals surface area contributed by atoms with Gasteiger partial charge in [0.05, 0.1) is 21.7 Å². The van der Waals surface area contributed by atoms with Gasteiger partial charge in [-0.05, 0) is 23.3 Å². The van der Waals surface area contributed by atoms with Crippen LogP contribution in [0.25, 0.3) is 32.8 Å². The van der Waals surface area contributed by atoms with Crippen molar-refractivity contribution in [3.05, 3.63) is 82.0 Å². The molecule has 1 aliphatic carbocycles. The first kappa shape index (κ1) is 18.4. The number of ketones is 1. The van der Waals surface area contributed by atoms with Gasteiger partial charge in [-0.3, -0.25) is 19.9 Å². The topological polar surface area (TPSA) is 73.1 Å². The SMILES string of the molecule is CC1(C)CC(=O)c2c(nc3c(ccc4ccccc43)c2-c2ccccc2[N+](=O)[O-])C1. The summed E-state index contributed by atoms with van der Waals surface area (Å²) in [6.07, 6.45) is 1.05. The fourth-order valence-electron chi connectivity index (χ4n) is 4.64. The first-order valence-electron chi connectivity index (χ1n) is 9.97. The van der Waals surface area contributed by atoms with Crippen LogP contribution < -0.4 is 0 Å². The number of nitro groups is 1. The highest BCUT2D eigenvalue weighted by molar-refractivity contribution is 6.17. The number of para-hydroxylation sites is 1. The number of fused-ring (bicyclic) bond motifs is 4. The van der Waals surface area contributed by atoms with Crippen LogP contribution in [0.2, 0.25) is 0 Å². The highest BCUT2D eigenvalue weighted by atomic mass is 16.6. The van der Waals surface area contributed by atoms with Gasteiger partial charge in [0.15, 0.2) is 5.78 Å². The molecular weight excluding hydrogens is 376 g/mol. The molecule has 0 fully saturated rings. The van der Waals surface area contributed by atoms with Gasteiger partial charge in [-0.1, -0.05) is 62.4 Å². The molecule has 5 heteroatoms. The van der Waals surface area contributed by atoms with Crippen LogP contribution >= 0.6 is 0 Å². The average Bonchev–Trinajstić information content (AvgIpc) is 2.71. The summed E-state index contributed by atoms with van der Waals surface area (Å²) in [4.78, 5) is 29.7. The van der Waals surface area contributed by atoms with E-state index in [-0.39, 0.29) is 21.8 Å². The van der Waals surface area contributed by atoms with Gasteiger partial charge in [-0.15, -0.1) is 0 Å². The third-order valence-corrected chi connectivity index (χ3v) is 5.89. The Labute approximate surface area is 173 Å². The molecule has 0 atom stereocenters. The zero-order valence-electron chi connectivity index (χ0n) is 16.8. The third kappa shape index (κ3) is 2.77. The summed E-state index contributed by atoms with van der Waals surface area (Å²) in [6.45, 7) is 4.13. The van der Waals surface area contributed by atoms with Gasteiger partial charge in [0.25, 0.3) is 5.69 Å². The highest BCUT2D eigenvalue weighted by Gasteiger charge is 2.36. The largest absolute Gasteiger partial charge is 0.294 e. The minimum Gasteiger partial charge on any atom is -0.294 e. The van der Waals surface area contributed by atoms with Crippen molar-refractivity contribution in [2.75, 3.05) is 0 Å². The van der Waals surface area contributed by atoms with Crippen molar-refractivity contribution in [1.29, 1.82) is 0 Å². The quantitative estimate of drug-likeness (QED) is 0.232. The summed E-state index contributed by atoms with van der Waals surface area (Å²) in [6, 6.07) is 18.5. The van der Waals surface area contributed by atoms with Crippen molar-refractivity contribution in [1.82, 2.24) is 4.98 Å². The fourth-order valence-corrected chi connectivity index (χ4v) is 4.64. The van der Waals surface area contributed by atoms with Gasteiger partial charge in [0.2, 0.25) is 0 Å². The van der Waals surface area contributed by atoms with Crippen LogP contribution in [0.4, 0.5) is 5.69 Å². The van der Waals surface area contributed by atoms with E-state index in [2.05, 4.69) is 13.8 Å². The second kappa shape index (κ2) is 6.46. The van der Waals surface area contributed by atoms with Crippen molar-refractivity contribution in [2.24, 2.45) is 5.41 Å². The maximum Gasteiger partial charge on any atom is 0.277 e. The highest BCUT2D eigenvalue weighted by Crippen LogP contribution is 2.44. The predicted molar refractivity (Wildman–Crippen MR) is 118 cm³/mol. The lowest BCUT2D eigenvalue weighted by molar-refractivity contribution is -0.384. The molecule has 0 saturated heterocycles. The van der Waals surface area contributed by atoms with Crippen molar-refractivity contribution in [3.63, 3.8) is 0 Å². The van der Waals surface area contributed by atoms with Crippen LogP contribution in [-0.2, 0) is 6.42 Å². The van der Waals surface area contributed by atoms with Gasteiger partial charge in [-0.25, -0.2) is 0 Å². The number of carbonyl (C=O) groups is 1. The number of benzene rings is 3. The Balaban J connectivity index is 1.99. The Hall–Kier alpha value is -3.60. The second-order valence-corrected chi connectivity index (χ2v) is 8.71. The fraction of sp³-hybridized carbons (Fsp3) is 0.200. The van der Waals surface area contributed by atoms with E-state index in [0.29, 0.717) is 29.5 Å². The molecule has 148 valence electrons. The lowest BCUT2D eigenvalue weighted by atomic mass is 9.73. The summed E-state index contributed by atoms with van der Waals surface area (Å²) < 4.78 is 0.